The Kier molecular flexibility index (Phi) is 5.73. The number of hydrogen-bond acceptors (Lipinski definition) is 5. The minimum Gasteiger partial charge on any atom is -0.450 e. The minimum absolute atomic E-state index is 0.282. The Morgan fingerprint density at radius 3 is 2.50 bits per heavy atom. The number of amides is 2. The van der Waals surface area contributed by atoms with Crippen LogP contribution in [0.4, 0.5) is 21.1 Å². The molecule has 2 amide bonds. The van der Waals surface area contributed by atoms with Crippen LogP contribution in [0.25, 0.3) is 0 Å². The second kappa shape index (κ2) is 7.11. The first-order valence-corrected chi connectivity index (χ1v) is 7.01. The summed E-state index contributed by atoms with van der Waals surface area (Å²) in [5.74, 6) is 0.389. The van der Waals surface area contributed by atoms with Crippen molar-refractivity contribution in [3.8, 4) is 0 Å². The van der Waals surface area contributed by atoms with E-state index in [1.165, 1.54) is 11.1 Å². The molecule has 7 nitrogen and oxygen atoms in total. The lowest BCUT2D eigenvalue weighted by atomic mass is 10.2. The number of ether oxygens (including phenoxy) is 2. The molecule has 0 saturated heterocycles. The number of nitrogens with zero attached hydrogens (tertiary/aromatic N) is 2. The van der Waals surface area contributed by atoms with Gasteiger partial charge in [0.15, 0.2) is 0 Å². The van der Waals surface area contributed by atoms with E-state index in [1.54, 1.807) is 47.7 Å². The summed E-state index contributed by atoms with van der Waals surface area (Å²) in [5.41, 5.74) is 0.710. The van der Waals surface area contributed by atoms with Crippen molar-refractivity contribution in [1.82, 2.24) is 4.98 Å². The zero-order valence-electron chi connectivity index (χ0n) is 13.9. The van der Waals surface area contributed by atoms with E-state index >= 15 is 0 Å². The van der Waals surface area contributed by atoms with Gasteiger partial charge in [0, 0.05) is 7.05 Å². The summed E-state index contributed by atoms with van der Waals surface area (Å²) in [5, 5.41) is 2.54. The number of carbonyl (C=O) groups is 2. The molecular formula is C15H23N3O4. The van der Waals surface area contributed by atoms with E-state index in [1.807, 2.05) is 0 Å². The molecule has 0 aliphatic carbocycles. The maximum Gasteiger partial charge on any atom is 0.414 e. The van der Waals surface area contributed by atoms with E-state index in [0.29, 0.717) is 17.1 Å². The van der Waals surface area contributed by atoms with Gasteiger partial charge in [0.05, 0.1) is 18.5 Å². The van der Waals surface area contributed by atoms with Crippen LogP contribution < -0.4 is 10.2 Å². The number of pyridine rings is 1. The van der Waals surface area contributed by atoms with Gasteiger partial charge >= 0.3 is 12.2 Å². The zero-order chi connectivity index (χ0) is 16.9. The van der Waals surface area contributed by atoms with Crippen LogP contribution in [0, 0.1) is 6.92 Å². The molecule has 0 atom stereocenters. The molecule has 0 saturated carbocycles. The molecular weight excluding hydrogens is 286 g/mol. The van der Waals surface area contributed by atoms with Crippen molar-refractivity contribution in [2.24, 2.45) is 0 Å². The monoisotopic (exact) mass is 309 g/mol. The molecule has 1 aromatic rings. The lowest BCUT2D eigenvalue weighted by molar-refractivity contribution is 0.0589. The standard InChI is InChI=1S/C15H23N3O4/c1-7-21-13(19)17-12-10(2)8-11(9-16-12)18(6)14(20)22-15(3,4)5/h8-9H,7H2,1-6H3,(H,16,17,19). The van der Waals surface area contributed by atoms with Crippen molar-refractivity contribution in [3.63, 3.8) is 0 Å². The molecule has 1 N–H and O–H groups in total. The van der Waals surface area contributed by atoms with Crippen LogP contribution in [0.5, 0.6) is 0 Å². The van der Waals surface area contributed by atoms with E-state index in [-0.39, 0.29) is 6.61 Å². The Labute approximate surface area is 130 Å². The summed E-state index contributed by atoms with van der Waals surface area (Å²) >= 11 is 0. The quantitative estimate of drug-likeness (QED) is 0.926. The molecule has 0 unspecified atom stereocenters. The van der Waals surface area contributed by atoms with Crippen molar-refractivity contribution in [2.75, 3.05) is 23.9 Å². The van der Waals surface area contributed by atoms with Gasteiger partial charge in [0.2, 0.25) is 0 Å². The minimum atomic E-state index is -0.570. The molecule has 0 spiro atoms. The van der Waals surface area contributed by atoms with E-state index in [2.05, 4.69) is 10.3 Å². The number of hydrogen-bond donors (Lipinski definition) is 1. The first-order chi connectivity index (χ1) is 10.1. The van der Waals surface area contributed by atoms with Crippen LogP contribution in [-0.4, -0.2) is 36.4 Å². The molecule has 7 heteroatoms. The molecule has 122 valence electrons. The predicted molar refractivity (Wildman–Crippen MR) is 84.3 cm³/mol. The summed E-state index contributed by atoms with van der Waals surface area (Å²) in [7, 11) is 1.60. The number of nitrogens with one attached hydrogen (secondary N) is 1. The fourth-order valence-corrected chi connectivity index (χ4v) is 1.57. The molecule has 0 aromatic carbocycles. The van der Waals surface area contributed by atoms with Gasteiger partial charge in [-0.05, 0) is 46.2 Å². The Morgan fingerprint density at radius 2 is 2.00 bits per heavy atom. The van der Waals surface area contributed by atoms with Crippen LogP contribution in [-0.2, 0) is 9.47 Å². The second-order valence-electron chi connectivity index (χ2n) is 5.74. The summed E-state index contributed by atoms with van der Waals surface area (Å²) in [6.07, 6.45) is 0.449. The van der Waals surface area contributed by atoms with Gasteiger partial charge in [-0.1, -0.05) is 0 Å². The molecule has 0 radical (unpaired) electrons. The van der Waals surface area contributed by atoms with Crippen LogP contribution in [0.15, 0.2) is 12.3 Å². The van der Waals surface area contributed by atoms with Gasteiger partial charge in [-0.25, -0.2) is 14.6 Å². The Balaban J connectivity index is 2.84. The molecule has 0 bridgehead atoms. The highest BCUT2D eigenvalue weighted by Crippen LogP contribution is 2.21. The van der Waals surface area contributed by atoms with E-state index in [0.717, 1.165) is 0 Å². The van der Waals surface area contributed by atoms with Crippen molar-refractivity contribution >= 4 is 23.7 Å². The van der Waals surface area contributed by atoms with Crippen molar-refractivity contribution < 1.29 is 19.1 Å². The predicted octanol–water partition coefficient (Wildman–Crippen LogP) is 3.33. The lowest BCUT2D eigenvalue weighted by Gasteiger charge is -2.24. The van der Waals surface area contributed by atoms with Gasteiger partial charge in [-0.15, -0.1) is 0 Å². The first kappa shape index (κ1) is 17.7. The topological polar surface area (TPSA) is 80.8 Å². The number of rotatable bonds is 3. The number of carbonyl (C=O) groups excluding carboxylic acids is 2. The molecule has 0 aliphatic heterocycles. The van der Waals surface area contributed by atoms with E-state index in [9.17, 15) is 9.59 Å². The second-order valence-corrected chi connectivity index (χ2v) is 5.74. The normalized spacial score (nSPS) is 10.8. The maximum atomic E-state index is 12.0. The third-order valence-electron chi connectivity index (χ3n) is 2.61. The molecule has 22 heavy (non-hydrogen) atoms. The SMILES string of the molecule is CCOC(=O)Nc1ncc(N(C)C(=O)OC(C)(C)C)cc1C. The first-order valence-electron chi connectivity index (χ1n) is 7.01. The fourth-order valence-electron chi connectivity index (χ4n) is 1.57. The molecule has 0 aliphatic rings. The number of anilines is 2. The summed E-state index contributed by atoms with van der Waals surface area (Å²) in [6.45, 7) is 9.18. The largest absolute Gasteiger partial charge is 0.450 e. The zero-order valence-corrected chi connectivity index (χ0v) is 13.9. The van der Waals surface area contributed by atoms with Gasteiger partial charge < -0.3 is 9.47 Å². The van der Waals surface area contributed by atoms with Crippen LogP contribution >= 0.6 is 0 Å². The van der Waals surface area contributed by atoms with Crippen LogP contribution in [0.1, 0.15) is 33.3 Å². The van der Waals surface area contributed by atoms with Crippen molar-refractivity contribution in [1.29, 1.82) is 0 Å². The third kappa shape index (κ3) is 5.23. The van der Waals surface area contributed by atoms with E-state index in [4.69, 9.17) is 9.47 Å². The Bertz CT molecular complexity index is 552. The molecule has 1 aromatic heterocycles. The van der Waals surface area contributed by atoms with Crippen LogP contribution in [0.3, 0.4) is 0 Å². The fraction of sp³-hybridized carbons (Fsp3) is 0.533. The average Bonchev–Trinajstić information content (AvgIpc) is 2.38. The van der Waals surface area contributed by atoms with Crippen molar-refractivity contribution in [3.05, 3.63) is 17.8 Å². The number of aromatic nitrogens is 1. The Morgan fingerprint density at radius 1 is 1.36 bits per heavy atom. The van der Waals surface area contributed by atoms with E-state index < -0.39 is 17.8 Å². The highest BCUT2D eigenvalue weighted by Gasteiger charge is 2.21. The number of aryl methyl sites for hydroxylation is 1. The van der Waals surface area contributed by atoms with Crippen molar-refractivity contribution in [2.45, 2.75) is 40.2 Å². The highest BCUT2D eigenvalue weighted by molar-refractivity contribution is 5.88. The molecule has 1 rings (SSSR count). The Hall–Kier alpha value is -2.31. The van der Waals surface area contributed by atoms with Gasteiger partial charge in [-0.3, -0.25) is 10.2 Å². The third-order valence-corrected chi connectivity index (χ3v) is 2.61. The highest BCUT2D eigenvalue weighted by atomic mass is 16.6. The molecule has 0 fully saturated rings. The lowest BCUT2D eigenvalue weighted by Crippen LogP contribution is -2.34. The summed E-state index contributed by atoms with van der Waals surface area (Å²) < 4.78 is 10.1. The van der Waals surface area contributed by atoms with Gasteiger partial charge in [0.1, 0.15) is 11.4 Å². The summed E-state index contributed by atoms with van der Waals surface area (Å²) in [4.78, 5) is 28.9. The van der Waals surface area contributed by atoms with Gasteiger partial charge in [0.25, 0.3) is 0 Å². The molecule has 1 heterocycles. The van der Waals surface area contributed by atoms with Crippen LogP contribution in [0.2, 0.25) is 0 Å². The smallest absolute Gasteiger partial charge is 0.414 e. The average molecular weight is 309 g/mol. The van der Waals surface area contributed by atoms with Gasteiger partial charge in [-0.2, -0.15) is 0 Å². The maximum absolute atomic E-state index is 12.0. The summed E-state index contributed by atoms with van der Waals surface area (Å²) in [6, 6.07) is 1.73.